The molecular weight excluding hydrogens is 438 g/mol. The number of hydrogen-bond acceptors (Lipinski definition) is 8. The number of nitrogen functional groups attached to an aromatic ring is 1. The molecule has 8 heteroatoms. The Balaban J connectivity index is 0.000000269. The molecule has 32 heavy (non-hydrogen) atoms. The lowest BCUT2D eigenvalue weighted by atomic mass is 9.95. The summed E-state index contributed by atoms with van der Waals surface area (Å²) in [5.41, 5.74) is 7.74. The van der Waals surface area contributed by atoms with Gasteiger partial charge in [-0.15, -0.1) is 0 Å². The number of fused-ring (bicyclic) bond motifs is 1. The van der Waals surface area contributed by atoms with Crippen molar-refractivity contribution in [1.29, 1.82) is 5.26 Å². The molecule has 4 rings (SSSR count). The van der Waals surface area contributed by atoms with Gasteiger partial charge in [0.25, 0.3) is 0 Å². The molecule has 1 aromatic heterocycles. The van der Waals surface area contributed by atoms with E-state index in [4.69, 9.17) is 15.7 Å². The van der Waals surface area contributed by atoms with Crippen LogP contribution in [-0.4, -0.2) is 36.6 Å². The van der Waals surface area contributed by atoms with Gasteiger partial charge in [0.2, 0.25) is 0 Å². The van der Waals surface area contributed by atoms with Gasteiger partial charge in [0.05, 0.1) is 22.4 Å². The number of nitrogens with one attached hydrogen (secondary N) is 1. The van der Waals surface area contributed by atoms with Crippen LogP contribution < -0.4 is 15.2 Å². The zero-order valence-electron chi connectivity index (χ0n) is 18.9. The second-order valence-corrected chi connectivity index (χ2v) is 9.79. The molecule has 170 valence electrons. The highest BCUT2D eigenvalue weighted by atomic mass is 32.2. The molecule has 6 nitrogen and oxygen atoms in total. The van der Waals surface area contributed by atoms with E-state index in [1.54, 1.807) is 23.5 Å². The summed E-state index contributed by atoms with van der Waals surface area (Å²) in [5, 5.41) is 9.94. The Morgan fingerprint density at radius 2 is 2.00 bits per heavy atom. The summed E-state index contributed by atoms with van der Waals surface area (Å²) in [4.78, 5) is 7.70. The third-order valence-corrected chi connectivity index (χ3v) is 7.28. The van der Waals surface area contributed by atoms with E-state index in [2.05, 4.69) is 34.8 Å². The lowest BCUT2D eigenvalue weighted by Crippen LogP contribution is -2.29. The molecule has 1 aliphatic rings. The van der Waals surface area contributed by atoms with Crippen molar-refractivity contribution in [2.24, 2.45) is 0 Å². The molecule has 0 aliphatic heterocycles. The predicted octanol–water partition coefficient (Wildman–Crippen LogP) is 6.15. The monoisotopic (exact) mass is 469 g/mol. The number of hydrogen-bond donors (Lipinski definition) is 2. The summed E-state index contributed by atoms with van der Waals surface area (Å²) >= 11 is 2.89. The van der Waals surface area contributed by atoms with Gasteiger partial charge >= 0.3 is 0 Å². The molecule has 0 saturated heterocycles. The molecule has 1 aliphatic carbocycles. The van der Waals surface area contributed by atoms with E-state index < -0.39 is 0 Å². The topological polar surface area (TPSA) is 87.2 Å². The number of rotatable bonds is 6. The highest BCUT2D eigenvalue weighted by Crippen LogP contribution is 2.33. The van der Waals surface area contributed by atoms with Crippen LogP contribution in [-0.2, 0) is 0 Å². The second-order valence-electron chi connectivity index (χ2n) is 7.91. The molecule has 1 heterocycles. The SMILES string of the molecule is CCOc1ccc2nc(NSc3ccc(N)cc3C#N)sc2c1.CN(C)C1CCCCC1. The van der Waals surface area contributed by atoms with E-state index in [9.17, 15) is 0 Å². The number of ether oxygens (including phenoxy) is 1. The van der Waals surface area contributed by atoms with Crippen molar-refractivity contribution in [3.8, 4) is 11.8 Å². The minimum atomic E-state index is 0.544. The van der Waals surface area contributed by atoms with Crippen LogP contribution in [0, 0.1) is 11.3 Å². The summed E-state index contributed by atoms with van der Waals surface area (Å²) < 4.78 is 9.74. The maximum absolute atomic E-state index is 9.16. The molecular formula is C24H31N5OS2. The zero-order chi connectivity index (χ0) is 22.9. The Bertz CT molecular complexity index is 1050. The number of anilines is 2. The highest BCUT2D eigenvalue weighted by Gasteiger charge is 2.14. The first-order valence-corrected chi connectivity index (χ1v) is 12.6. The smallest absolute Gasteiger partial charge is 0.194 e. The van der Waals surface area contributed by atoms with Crippen molar-refractivity contribution in [2.75, 3.05) is 31.2 Å². The fraction of sp³-hybridized carbons (Fsp3) is 0.417. The van der Waals surface area contributed by atoms with Crippen molar-refractivity contribution >= 4 is 44.3 Å². The summed E-state index contributed by atoms with van der Waals surface area (Å²) in [6, 6.07) is 14.1. The summed E-state index contributed by atoms with van der Waals surface area (Å²) in [5.74, 6) is 0.841. The standard InChI is InChI=1S/C16H14N4OS2.C8H17N/c1-2-21-12-4-5-13-15(8-12)22-16(19-13)20-23-14-6-3-11(18)7-10(14)9-17;1-9(2)8-6-4-3-5-7-8/h3-8H,2,18H2,1H3,(H,19,20);8H,3-7H2,1-2H3. The maximum Gasteiger partial charge on any atom is 0.194 e. The highest BCUT2D eigenvalue weighted by molar-refractivity contribution is 8.00. The average Bonchev–Trinajstić information content (AvgIpc) is 3.21. The number of nitrogens with zero attached hydrogens (tertiary/aromatic N) is 3. The normalized spacial score (nSPS) is 14.0. The van der Waals surface area contributed by atoms with Gasteiger partial charge in [-0.2, -0.15) is 5.26 Å². The second kappa shape index (κ2) is 12.0. The molecule has 0 unspecified atom stereocenters. The van der Waals surface area contributed by atoms with E-state index in [-0.39, 0.29) is 0 Å². The van der Waals surface area contributed by atoms with Crippen LogP contribution in [0.15, 0.2) is 41.3 Å². The Morgan fingerprint density at radius 1 is 1.22 bits per heavy atom. The Hall–Kier alpha value is -2.47. The van der Waals surface area contributed by atoms with Gasteiger partial charge in [0, 0.05) is 16.6 Å². The van der Waals surface area contributed by atoms with Crippen LogP contribution in [0.5, 0.6) is 5.75 Å². The van der Waals surface area contributed by atoms with E-state index in [1.165, 1.54) is 44.1 Å². The Labute approximate surface area is 198 Å². The van der Waals surface area contributed by atoms with Gasteiger partial charge < -0.3 is 20.1 Å². The van der Waals surface area contributed by atoms with Crippen LogP contribution in [0.1, 0.15) is 44.6 Å². The van der Waals surface area contributed by atoms with Gasteiger partial charge in [-0.25, -0.2) is 4.98 Å². The molecule has 3 aromatic rings. The molecule has 0 bridgehead atoms. The third kappa shape index (κ3) is 6.76. The van der Waals surface area contributed by atoms with E-state index >= 15 is 0 Å². The van der Waals surface area contributed by atoms with Gasteiger partial charge in [-0.05, 0) is 82.2 Å². The summed E-state index contributed by atoms with van der Waals surface area (Å²) in [6.07, 6.45) is 7.20. The number of aromatic nitrogens is 1. The van der Waals surface area contributed by atoms with E-state index in [0.717, 1.165) is 32.0 Å². The third-order valence-electron chi connectivity index (χ3n) is 5.35. The molecule has 0 amide bonds. The predicted molar refractivity (Wildman–Crippen MR) is 136 cm³/mol. The Morgan fingerprint density at radius 3 is 2.66 bits per heavy atom. The van der Waals surface area contributed by atoms with Crippen LogP contribution in [0.3, 0.4) is 0 Å². The molecule has 1 saturated carbocycles. The lowest BCUT2D eigenvalue weighted by Gasteiger charge is -2.27. The van der Waals surface area contributed by atoms with E-state index in [1.807, 2.05) is 31.2 Å². The Kier molecular flexibility index (Phi) is 9.03. The molecule has 2 aromatic carbocycles. The van der Waals surface area contributed by atoms with Crippen LogP contribution in [0.2, 0.25) is 0 Å². The first kappa shape index (κ1) is 24.2. The summed E-state index contributed by atoms with van der Waals surface area (Å²) in [7, 11) is 4.38. The van der Waals surface area contributed by atoms with Crippen molar-refractivity contribution in [2.45, 2.75) is 50.0 Å². The number of benzene rings is 2. The maximum atomic E-state index is 9.16. The van der Waals surface area contributed by atoms with Crippen molar-refractivity contribution in [3.05, 3.63) is 42.0 Å². The average molecular weight is 470 g/mol. The fourth-order valence-electron chi connectivity index (χ4n) is 3.63. The minimum absolute atomic E-state index is 0.544. The number of nitriles is 1. The van der Waals surface area contributed by atoms with Gasteiger partial charge in [0.1, 0.15) is 11.8 Å². The lowest BCUT2D eigenvalue weighted by molar-refractivity contribution is 0.229. The van der Waals surface area contributed by atoms with E-state index in [0.29, 0.717) is 17.9 Å². The molecule has 0 spiro atoms. The fourth-order valence-corrected chi connectivity index (χ4v) is 5.26. The zero-order valence-corrected chi connectivity index (χ0v) is 20.6. The van der Waals surface area contributed by atoms with Gasteiger partial charge in [-0.1, -0.05) is 30.6 Å². The van der Waals surface area contributed by atoms with Crippen molar-refractivity contribution in [3.63, 3.8) is 0 Å². The first-order valence-electron chi connectivity index (χ1n) is 10.9. The van der Waals surface area contributed by atoms with Gasteiger partial charge in [-0.3, -0.25) is 0 Å². The minimum Gasteiger partial charge on any atom is -0.494 e. The molecule has 0 radical (unpaired) electrons. The first-order chi connectivity index (χ1) is 15.5. The van der Waals surface area contributed by atoms with Crippen LogP contribution >= 0.6 is 23.3 Å². The molecule has 1 fully saturated rings. The summed E-state index contributed by atoms with van der Waals surface area (Å²) in [6.45, 7) is 2.60. The van der Waals surface area contributed by atoms with Crippen molar-refractivity contribution < 1.29 is 4.74 Å². The number of nitrogens with two attached hydrogens (primary N) is 1. The molecule has 3 N–H and O–H groups in total. The van der Waals surface area contributed by atoms with Gasteiger partial charge in [0.15, 0.2) is 5.13 Å². The quantitative estimate of drug-likeness (QED) is 0.331. The molecule has 0 atom stereocenters. The number of thiazole rings is 1. The largest absolute Gasteiger partial charge is 0.494 e. The van der Waals surface area contributed by atoms with Crippen LogP contribution in [0.25, 0.3) is 10.2 Å². The van der Waals surface area contributed by atoms with Crippen molar-refractivity contribution in [1.82, 2.24) is 9.88 Å². The van der Waals surface area contributed by atoms with Crippen LogP contribution in [0.4, 0.5) is 10.8 Å².